The van der Waals surface area contributed by atoms with Gasteiger partial charge in [-0.05, 0) is 36.9 Å². The SMILES string of the molecule is Cn1cnc2cc(-c3nc(Cl)nc4c3ncn4C3CCCCO3)cnc21. The predicted molar refractivity (Wildman–Crippen MR) is 96.7 cm³/mol. The van der Waals surface area contributed by atoms with E-state index < -0.39 is 0 Å². The lowest BCUT2D eigenvalue weighted by Crippen LogP contribution is -2.17. The predicted octanol–water partition coefficient (Wildman–Crippen LogP) is 3.13. The molecule has 0 radical (unpaired) electrons. The Bertz CT molecular complexity index is 1110. The quantitative estimate of drug-likeness (QED) is 0.505. The van der Waals surface area contributed by atoms with Crippen LogP contribution in [0, 0.1) is 0 Å². The molecule has 26 heavy (non-hydrogen) atoms. The number of aromatic nitrogens is 7. The summed E-state index contributed by atoms with van der Waals surface area (Å²) < 4.78 is 9.69. The molecular formula is C17H16ClN7O. The number of nitrogens with zero attached hydrogens (tertiary/aromatic N) is 7. The van der Waals surface area contributed by atoms with Gasteiger partial charge in [0.2, 0.25) is 5.28 Å². The minimum Gasteiger partial charge on any atom is -0.358 e. The number of hydrogen-bond acceptors (Lipinski definition) is 6. The Hall–Kier alpha value is -2.58. The third kappa shape index (κ3) is 2.45. The van der Waals surface area contributed by atoms with Gasteiger partial charge in [0.05, 0.1) is 12.7 Å². The molecule has 9 heteroatoms. The van der Waals surface area contributed by atoms with Crippen LogP contribution in [0.4, 0.5) is 0 Å². The summed E-state index contributed by atoms with van der Waals surface area (Å²) in [5.74, 6) is 0. The van der Waals surface area contributed by atoms with Gasteiger partial charge in [-0.1, -0.05) is 0 Å². The molecule has 0 aliphatic carbocycles. The summed E-state index contributed by atoms with van der Waals surface area (Å²) in [6.45, 7) is 0.746. The highest BCUT2D eigenvalue weighted by Crippen LogP contribution is 2.31. The highest BCUT2D eigenvalue weighted by atomic mass is 35.5. The lowest BCUT2D eigenvalue weighted by Gasteiger charge is -2.23. The summed E-state index contributed by atoms with van der Waals surface area (Å²) >= 11 is 6.22. The van der Waals surface area contributed by atoms with Crippen molar-refractivity contribution >= 4 is 33.9 Å². The molecule has 1 atom stereocenters. The smallest absolute Gasteiger partial charge is 0.225 e. The molecule has 0 amide bonds. The minimum atomic E-state index is -0.0658. The summed E-state index contributed by atoms with van der Waals surface area (Å²) in [6.07, 6.45) is 8.32. The van der Waals surface area contributed by atoms with E-state index in [4.69, 9.17) is 16.3 Å². The van der Waals surface area contributed by atoms with E-state index >= 15 is 0 Å². The molecule has 132 valence electrons. The van der Waals surface area contributed by atoms with Crippen LogP contribution in [0.3, 0.4) is 0 Å². The number of hydrogen-bond donors (Lipinski definition) is 0. The Morgan fingerprint density at radius 3 is 2.88 bits per heavy atom. The van der Waals surface area contributed by atoms with Crippen molar-refractivity contribution in [1.29, 1.82) is 0 Å². The lowest BCUT2D eigenvalue weighted by atomic mass is 10.1. The van der Waals surface area contributed by atoms with Crippen LogP contribution in [0.5, 0.6) is 0 Å². The molecule has 0 saturated carbocycles. The van der Waals surface area contributed by atoms with Crippen molar-refractivity contribution in [2.45, 2.75) is 25.5 Å². The van der Waals surface area contributed by atoms with E-state index in [1.54, 1.807) is 18.9 Å². The second-order valence-electron chi connectivity index (χ2n) is 6.41. The van der Waals surface area contributed by atoms with E-state index in [0.717, 1.165) is 42.6 Å². The van der Waals surface area contributed by atoms with Crippen LogP contribution < -0.4 is 0 Å². The van der Waals surface area contributed by atoms with Gasteiger partial charge in [0.15, 0.2) is 11.3 Å². The molecule has 5 heterocycles. The number of halogens is 1. The highest BCUT2D eigenvalue weighted by molar-refractivity contribution is 6.28. The Labute approximate surface area is 153 Å². The Balaban J connectivity index is 1.68. The zero-order valence-corrected chi connectivity index (χ0v) is 14.9. The molecule has 0 spiro atoms. The monoisotopic (exact) mass is 369 g/mol. The molecule has 0 bridgehead atoms. The fourth-order valence-corrected chi connectivity index (χ4v) is 3.56. The van der Waals surface area contributed by atoms with Gasteiger partial charge in [-0.2, -0.15) is 4.98 Å². The number of ether oxygens (including phenoxy) is 1. The van der Waals surface area contributed by atoms with Crippen molar-refractivity contribution in [2.24, 2.45) is 7.05 Å². The first-order valence-corrected chi connectivity index (χ1v) is 8.87. The molecule has 1 aliphatic heterocycles. The van der Waals surface area contributed by atoms with Gasteiger partial charge in [-0.15, -0.1) is 0 Å². The van der Waals surface area contributed by atoms with Crippen LogP contribution >= 0.6 is 11.6 Å². The zero-order valence-electron chi connectivity index (χ0n) is 14.1. The molecule has 5 rings (SSSR count). The molecule has 0 N–H and O–H groups in total. The number of aryl methyl sites for hydroxylation is 1. The summed E-state index contributed by atoms with van der Waals surface area (Å²) in [5, 5.41) is 0.172. The topological polar surface area (TPSA) is 83.5 Å². The second kappa shape index (κ2) is 6.00. The molecular weight excluding hydrogens is 354 g/mol. The van der Waals surface area contributed by atoms with Crippen molar-refractivity contribution in [3.63, 3.8) is 0 Å². The van der Waals surface area contributed by atoms with E-state index in [9.17, 15) is 0 Å². The average Bonchev–Trinajstić information content (AvgIpc) is 3.25. The van der Waals surface area contributed by atoms with Crippen LogP contribution in [0.1, 0.15) is 25.5 Å². The van der Waals surface area contributed by atoms with Crippen molar-refractivity contribution in [3.8, 4) is 11.3 Å². The minimum absolute atomic E-state index is 0.0658. The van der Waals surface area contributed by atoms with Gasteiger partial charge in [0.25, 0.3) is 0 Å². The fourth-order valence-electron chi connectivity index (χ4n) is 3.39. The van der Waals surface area contributed by atoms with Crippen LogP contribution in [0.2, 0.25) is 5.28 Å². The maximum absolute atomic E-state index is 6.22. The molecule has 1 saturated heterocycles. The maximum atomic E-state index is 6.22. The summed E-state index contributed by atoms with van der Waals surface area (Å²) in [6, 6.07) is 1.94. The summed E-state index contributed by atoms with van der Waals surface area (Å²) in [5.41, 5.74) is 4.41. The normalized spacial score (nSPS) is 18.0. The van der Waals surface area contributed by atoms with Gasteiger partial charge < -0.3 is 9.30 Å². The van der Waals surface area contributed by atoms with Gasteiger partial charge in [-0.3, -0.25) is 4.57 Å². The summed E-state index contributed by atoms with van der Waals surface area (Å²) in [7, 11) is 1.91. The number of pyridine rings is 1. The standard InChI is InChI=1S/C17H16ClN7O/c1-24-8-20-11-6-10(7-19-15(11)24)13-14-16(23-17(18)22-13)25(9-21-14)12-4-2-3-5-26-12/h6-9,12H,2-5H2,1H3. The third-order valence-electron chi connectivity index (χ3n) is 4.68. The van der Waals surface area contributed by atoms with Crippen molar-refractivity contribution in [1.82, 2.24) is 34.1 Å². The van der Waals surface area contributed by atoms with Gasteiger partial charge in [-0.25, -0.2) is 19.9 Å². The van der Waals surface area contributed by atoms with Gasteiger partial charge >= 0.3 is 0 Å². The fraction of sp³-hybridized carbons (Fsp3) is 0.353. The van der Waals surface area contributed by atoms with Crippen molar-refractivity contribution in [2.75, 3.05) is 6.61 Å². The first-order chi connectivity index (χ1) is 12.7. The van der Waals surface area contributed by atoms with E-state index in [1.165, 1.54) is 0 Å². The average molecular weight is 370 g/mol. The van der Waals surface area contributed by atoms with Crippen LogP contribution in [-0.4, -0.2) is 40.7 Å². The van der Waals surface area contributed by atoms with Crippen LogP contribution in [0.15, 0.2) is 24.9 Å². The lowest BCUT2D eigenvalue weighted by molar-refractivity contribution is -0.0298. The van der Waals surface area contributed by atoms with Gasteiger partial charge in [0, 0.05) is 25.4 Å². The maximum Gasteiger partial charge on any atom is 0.225 e. The Morgan fingerprint density at radius 2 is 2.04 bits per heavy atom. The molecule has 8 nitrogen and oxygen atoms in total. The number of rotatable bonds is 2. The molecule has 4 aromatic rings. The van der Waals surface area contributed by atoms with Crippen LogP contribution in [-0.2, 0) is 11.8 Å². The number of fused-ring (bicyclic) bond motifs is 2. The van der Waals surface area contributed by atoms with Crippen molar-refractivity contribution < 1.29 is 4.74 Å². The van der Waals surface area contributed by atoms with E-state index in [-0.39, 0.29) is 11.5 Å². The van der Waals surface area contributed by atoms with E-state index in [2.05, 4.69) is 24.9 Å². The summed E-state index contributed by atoms with van der Waals surface area (Å²) in [4.78, 5) is 22.2. The van der Waals surface area contributed by atoms with E-state index in [1.807, 2.05) is 22.2 Å². The van der Waals surface area contributed by atoms with E-state index in [0.29, 0.717) is 16.9 Å². The van der Waals surface area contributed by atoms with Crippen LogP contribution in [0.25, 0.3) is 33.6 Å². The second-order valence-corrected chi connectivity index (χ2v) is 6.75. The molecule has 1 aliphatic rings. The molecule has 0 aromatic carbocycles. The molecule has 4 aromatic heterocycles. The first kappa shape index (κ1) is 15.7. The zero-order chi connectivity index (χ0) is 17.7. The molecule has 1 fully saturated rings. The Kier molecular flexibility index (Phi) is 3.61. The third-order valence-corrected chi connectivity index (χ3v) is 4.85. The number of imidazole rings is 2. The highest BCUT2D eigenvalue weighted by Gasteiger charge is 2.22. The molecule has 1 unspecified atom stereocenters. The Morgan fingerprint density at radius 1 is 1.12 bits per heavy atom. The first-order valence-electron chi connectivity index (χ1n) is 8.50. The largest absolute Gasteiger partial charge is 0.358 e. The van der Waals surface area contributed by atoms with Crippen molar-refractivity contribution in [3.05, 3.63) is 30.2 Å². The van der Waals surface area contributed by atoms with Gasteiger partial charge in [0.1, 0.15) is 23.0 Å².